The minimum absolute atomic E-state index is 0.0545. The molecule has 0 aromatic heterocycles. The number of benzene rings is 4. The summed E-state index contributed by atoms with van der Waals surface area (Å²) in [5, 5.41) is 4.41. The zero-order chi connectivity index (χ0) is 24.5. The molecule has 0 unspecified atom stereocenters. The second-order valence-corrected chi connectivity index (χ2v) is 7.70. The zero-order valence-electron chi connectivity index (χ0n) is 17.5. The fourth-order valence-corrected chi connectivity index (χ4v) is 3.71. The van der Waals surface area contributed by atoms with Crippen molar-refractivity contribution in [2.75, 3.05) is 0 Å². The van der Waals surface area contributed by atoms with Gasteiger partial charge in [-0.25, -0.2) is 0 Å². The van der Waals surface area contributed by atoms with Gasteiger partial charge in [0, 0.05) is 12.1 Å². The maximum atomic E-state index is 13.1. The molecule has 0 aliphatic carbocycles. The van der Waals surface area contributed by atoms with Crippen LogP contribution in [0.3, 0.4) is 0 Å². The van der Waals surface area contributed by atoms with E-state index < -0.39 is 35.9 Å². The van der Waals surface area contributed by atoms with E-state index in [-0.39, 0.29) is 17.2 Å². The minimum Gasteiger partial charge on any atom is -0.348 e. The Balaban J connectivity index is 1.59. The van der Waals surface area contributed by atoms with Crippen LogP contribution in [0.2, 0.25) is 0 Å². The first-order chi connectivity index (χ1) is 16.0. The standard InChI is InChI=1S/C26H17F6NO/c27-25(28,29)20-11-16(12-21(14-20)26(30,31)32)15-33-24(34)19-8-3-7-18(13-19)23-10-4-6-17-5-1-2-9-22(17)23/h1-14H,15H2,(H,33,34). The van der Waals surface area contributed by atoms with Crippen LogP contribution in [0, 0.1) is 0 Å². The van der Waals surface area contributed by atoms with Crippen molar-refractivity contribution in [1.82, 2.24) is 5.32 Å². The summed E-state index contributed by atoms with van der Waals surface area (Å²) in [5.74, 6) is -0.618. The van der Waals surface area contributed by atoms with E-state index in [9.17, 15) is 31.1 Å². The molecule has 0 bridgehead atoms. The van der Waals surface area contributed by atoms with Crippen LogP contribution >= 0.6 is 0 Å². The molecular weight excluding hydrogens is 456 g/mol. The molecule has 0 saturated carbocycles. The molecule has 0 aliphatic rings. The molecule has 0 radical (unpaired) electrons. The van der Waals surface area contributed by atoms with Crippen LogP contribution in [0.1, 0.15) is 27.0 Å². The van der Waals surface area contributed by atoms with Gasteiger partial charge in [0.2, 0.25) is 0 Å². The van der Waals surface area contributed by atoms with Crippen molar-refractivity contribution in [1.29, 1.82) is 0 Å². The van der Waals surface area contributed by atoms with E-state index in [0.717, 1.165) is 21.9 Å². The Morgan fingerprint density at radius 2 is 1.32 bits per heavy atom. The summed E-state index contributed by atoms with van der Waals surface area (Å²) in [4.78, 5) is 12.7. The normalized spacial score (nSPS) is 12.1. The number of amides is 1. The third kappa shape index (κ3) is 5.06. The van der Waals surface area contributed by atoms with E-state index in [1.807, 2.05) is 48.5 Å². The number of hydrogen-bond donors (Lipinski definition) is 1. The van der Waals surface area contributed by atoms with Crippen LogP contribution < -0.4 is 5.32 Å². The molecule has 2 nitrogen and oxygen atoms in total. The summed E-state index contributed by atoms with van der Waals surface area (Å²) >= 11 is 0. The lowest BCUT2D eigenvalue weighted by Crippen LogP contribution is -2.23. The molecule has 0 spiro atoms. The highest BCUT2D eigenvalue weighted by atomic mass is 19.4. The smallest absolute Gasteiger partial charge is 0.348 e. The molecule has 4 aromatic carbocycles. The first kappa shape index (κ1) is 23.4. The van der Waals surface area contributed by atoms with Crippen molar-refractivity contribution in [3.05, 3.63) is 107 Å². The monoisotopic (exact) mass is 473 g/mol. The summed E-state index contributed by atoms with van der Waals surface area (Å²) in [7, 11) is 0. The molecule has 0 aliphatic heterocycles. The number of rotatable bonds is 4. The second kappa shape index (κ2) is 8.85. The molecular formula is C26H17F6NO. The Kier molecular flexibility index (Phi) is 6.08. The summed E-state index contributed by atoms with van der Waals surface area (Å²) < 4.78 is 78.4. The Hall–Kier alpha value is -3.81. The molecule has 0 fully saturated rings. The molecule has 0 atom stereocenters. The van der Waals surface area contributed by atoms with E-state index in [1.165, 1.54) is 6.07 Å². The van der Waals surface area contributed by atoms with Gasteiger partial charge in [-0.3, -0.25) is 4.79 Å². The van der Waals surface area contributed by atoms with Gasteiger partial charge in [-0.15, -0.1) is 0 Å². The largest absolute Gasteiger partial charge is 0.416 e. The Labute approximate surface area is 190 Å². The highest BCUT2D eigenvalue weighted by Crippen LogP contribution is 2.36. The second-order valence-electron chi connectivity index (χ2n) is 7.70. The van der Waals surface area contributed by atoms with Crippen molar-refractivity contribution in [2.24, 2.45) is 0 Å². The van der Waals surface area contributed by atoms with Gasteiger partial charge < -0.3 is 5.32 Å². The number of carbonyl (C=O) groups excluding carboxylic acids is 1. The summed E-state index contributed by atoms with van der Waals surface area (Å²) in [5.41, 5.74) is -1.29. The van der Waals surface area contributed by atoms with Gasteiger partial charge in [-0.1, -0.05) is 54.6 Å². The fraction of sp³-hybridized carbons (Fsp3) is 0.115. The van der Waals surface area contributed by atoms with Gasteiger partial charge in [-0.05, 0) is 57.8 Å². The lowest BCUT2D eigenvalue weighted by Gasteiger charge is -2.15. The maximum Gasteiger partial charge on any atom is 0.416 e. The molecule has 34 heavy (non-hydrogen) atoms. The number of hydrogen-bond acceptors (Lipinski definition) is 1. The minimum atomic E-state index is -4.95. The first-order valence-corrected chi connectivity index (χ1v) is 10.2. The molecule has 174 valence electrons. The molecule has 0 heterocycles. The van der Waals surface area contributed by atoms with E-state index in [1.54, 1.807) is 12.1 Å². The number of halogens is 6. The number of carbonyl (C=O) groups is 1. The molecule has 4 rings (SSSR count). The SMILES string of the molecule is O=C(NCc1cc(C(F)(F)F)cc(C(F)(F)F)c1)c1cccc(-c2cccc3ccccc23)c1. The quantitative estimate of drug-likeness (QED) is 0.306. The Morgan fingerprint density at radius 3 is 2.00 bits per heavy atom. The zero-order valence-corrected chi connectivity index (χ0v) is 17.5. The van der Waals surface area contributed by atoms with E-state index >= 15 is 0 Å². The van der Waals surface area contributed by atoms with Gasteiger partial charge in [0.15, 0.2) is 0 Å². The average molecular weight is 473 g/mol. The molecule has 4 aromatic rings. The Morgan fingerprint density at radius 1 is 0.706 bits per heavy atom. The molecule has 1 amide bonds. The first-order valence-electron chi connectivity index (χ1n) is 10.2. The lowest BCUT2D eigenvalue weighted by molar-refractivity contribution is -0.143. The lowest BCUT2D eigenvalue weighted by atomic mass is 9.97. The van der Waals surface area contributed by atoms with Crippen LogP contribution in [-0.2, 0) is 18.9 Å². The van der Waals surface area contributed by atoms with Gasteiger partial charge >= 0.3 is 12.4 Å². The fourth-order valence-electron chi connectivity index (χ4n) is 3.71. The molecule has 1 N–H and O–H groups in total. The van der Waals surface area contributed by atoms with Gasteiger partial charge in [-0.2, -0.15) is 26.3 Å². The van der Waals surface area contributed by atoms with E-state index in [0.29, 0.717) is 12.1 Å². The van der Waals surface area contributed by atoms with Crippen LogP contribution in [0.5, 0.6) is 0 Å². The topological polar surface area (TPSA) is 29.1 Å². The molecule has 0 saturated heterocycles. The predicted octanol–water partition coefficient (Wildman–Crippen LogP) is 7.47. The van der Waals surface area contributed by atoms with Crippen molar-refractivity contribution >= 4 is 16.7 Å². The van der Waals surface area contributed by atoms with Gasteiger partial charge in [0.25, 0.3) is 5.91 Å². The van der Waals surface area contributed by atoms with Crippen LogP contribution in [0.4, 0.5) is 26.3 Å². The highest BCUT2D eigenvalue weighted by Gasteiger charge is 2.36. The number of alkyl halides is 6. The third-order valence-electron chi connectivity index (χ3n) is 5.33. The third-order valence-corrected chi connectivity index (χ3v) is 5.33. The summed E-state index contributed by atoms with van der Waals surface area (Å²) in [6, 6.07) is 21.4. The van der Waals surface area contributed by atoms with Crippen LogP contribution in [0.25, 0.3) is 21.9 Å². The van der Waals surface area contributed by atoms with Gasteiger partial charge in [0.05, 0.1) is 11.1 Å². The average Bonchev–Trinajstić information content (AvgIpc) is 2.81. The Bertz CT molecular complexity index is 1320. The predicted molar refractivity (Wildman–Crippen MR) is 117 cm³/mol. The number of nitrogens with one attached hydrogen (secondary N) is 1. The summed E-state index contributed by atoms with van der Waals surface area (Å²) in [6.07, 6.45) is -9.90. The van der Waals surface area contributed by atoms with E-state index in [2.05, 4.69) is 5.32 Å². The van der Waals surface area contributed by atoms with Crippen molar-refractivity contribution in [3.63, 3.8) is 0 Å². The number of fused-ring (bicyclic) bond motifs is 1. The molecule has 8 heteroatoms. The van der Waals surface area contributed by atoms with Crippen molar-refractivity contribution in [3.8, 4) is 11.1 Å². The van der Waals surface area contributed by atoms with Crippen LogP contribution in [-0.4, -0.2) is 5.91 Å². The van der Waals surface area contributed by atoms with Crippen LogP contribution in [0.15, 0.2) is 84.9 Å². The van der Waals surface area contributed by atoms with Crippen molar-refractivity contribution < 1.29 is 31.1 Å². The summed E-state index contributed by atoms with van der Waals surface area (Å²) in [6.45, 7) is -0.496. The maximum absolute atomic E-state index is 13.1. The van der Waals surface area contributed by atoms with Crippen molar-refractivity contribution in [2.45, 2.75) is 18.9 Å². The van der Waals surface area contributed by atoms with Gasteiger partial charge in [0.1, 0.15) is 0 Å². The van der Waals surface area contributed by atoms with E-state index in [4.69, 9.17) is 0 Å². The highest BCUT2D eigenvalue weighted by molar-refractivity contribution is 5.99.